The molecule has 148 valence electrons. The normalized spacial score (nSPS) is 15.5. The maximum atomic E-state index is 12.1. The summed E-state index contributed by atoms with van der Waals surface area (Å²) in [6.45, 7) is 1.77. The topological polar surface area (TPSA) is 43.2 Å². The molecule has 0 radical (unpaired) electrons. The molecule has 1 aromatic heterocycles. The summed E-state index contributed by atoms with van der Waals surface area (Å²) in [5.74, 6) is 1.51. The van der Waals surface area contributed by atoms with Gasteiger partial charge in [0.05, 0.1) is 6.54 Å². The van der Waals surface area contributed by atoms with Crippen LogP contribution in [0.1, 0.15) is 25.1 Å². The molecule has 0 atom stereocenters. The monoisotopic (exact) mass is 400 g/mol. The number of ether oxygens (including phenoxy) is 1. The maximum absolute atomic E-state index is 12.1. The number of thioether (sulfide) groups is 1. The predicted molar refractivity (Wildman–Crippen MR) is 98.1 cm³/mol. The lowest BCUT2D eigenvalue weighted by Gasteiger charge is -2.16. The third kappa shape index (κ3) is 6.22. The molecule has 0 saturated carbocycles. The van der Waals surface area contributed by atoms with Gasteiger partial charge in [-0.3, -0.25) is 9.47 Å². The van der Waals surface area contributed by atoms with Gasteiger partial charge in [-0.1, -0.05) is 30.0 Å². The second kappa shape index (κ2) is 9.57. The highest BCUT2D eigenvalue weighted by Gasteiger charge is 2.27. The molecule has 27 heavy (non-hydrogen) atoms. The molecule has 1 saturated heterocycles. The molecule has 2 aromatic rings. The molecule has 2 heterocycles. The largest absolute Gasteiger partial charge is 0.411 e. The van der Waals surface area contributed by atoms with E-state index in [-0.39, 0.29) is 6.61 Å². The fourth-order valence-electron chi connectivity index (χ4n) is 2.99. The Morgan fingerprint density at radius 2 is 1.81 bits per heavy atom. The number of benzene rings is 1. The zero-order valence-corrected chi connectivity index (χ0v) is 15.8. The average Bonchev–Trinajstić information content (AvgIpc) is 3.28. The Labute approximate surface area is 160 Å². The van der Waals surface area contributed by atoms with Crippen LogP contribution < -0.4 is 0 Å². The van der Waals surface area contributed by atoms with E-state index < -0.39 is 12.8 Å². The molecular formula is C18H23F3N4OS. The van der Waals surface area contributed by atoms with Gasteiger partial charge in [0.25, 0.3) is 0 Å². The van der Waals surface area contributed by atoms with Crippen molar-refractivity contribution in [3.8, 4) is 5.69 Å². The molecule has 0 N–H and O–H groups in total. The Kier molecular flexibility index (Phi) is 7.14. The number of nitrogens with zero attached hydrogens (tertiary/aromatic N) is 4. The summed E-state index contributed by atoms with van der Waals surface area (Å²) in [6.07, 6.45) is -1.34. The lowest BCUT2D eigenvalue weighted by molar-refractivity contribution is -0.173. The zero-order chi connectivity index (χ0) is 19.1. The summed E-state index contributed by atoms with van der Waals surface area (Å²) in [5, 5.41) is 9.45. The molecule has 5 nitrogen and oxygen atoms in total. The molecule has 1 aliphatic heterocycles. The van der Waals surface area contributed by atoms with Crippen molar-refractivity contribution in [2.24, 2.45) is 0 Å². The van der Waals surface area contributed by atoms with Gasteiger partial charge in [0.1, 0.15) is 6.61 Å². The third-order valence-electron chi connectivity index (χ3n) is 4.21. The summed E-state index contributed by atoms with van der Waals surface area (Å²) in [4.78, 5) is 2.36. The first-order chi connectivity index (χ1) is 13.0. The highest BCUT2D eigenvalue weighted by molar-refractivity contribution is 7.99. The first-order valence-corrected chi connectivity index (χ1v) is 10.0. The summed E-state index contributed by atoms with van der Waals surface area (Å²) in [7, 11) is 0. The van der Waals surface area contributed by atoms with Gasteiger partial charge in [-0.2, -0.15) is 13.2 Å². The van der Waals surface area contributed by atoms with E-state index in [1.807, 2.05) is 34.9 Å². The lowest BCUT2D eigenvalue weighted by atomic mass is 10.3. The Morgan fingerprint density at radius 1 is 1.07 bits per heavy atom. The number of hydrogen-bond acceptors (Lipinski definition) is 5. The van der Waals surface area contributed by atoms with Crippen LogP contribution in [0.4, 0.5) is 13.2 Å². The van der Waals surface area contributed by atoms with Crippen molar-refractivity contribution in [3.63, 3.8) is 0 Å². The van der Waals surface area contributed by atoms with Crippen LogP contribution in [0.15, 0.2) is 35.5 Å². The van der Waals surface area contributed by atoms with Crippen LogP contribution in [0.2, 0.25) is 0 Å². The van der Waals surface area contributed by atoms with E-state index in [0.29, 0.717) is 12.2 Å². The molecule has 0 unspecified atom stereocenters. The standard InChI is InChI=1S/C18H23F3N4OS/c19-18(20,21)14-26-11-6-12-27-17-23-22-16(13-24-9-4-5-10-24)25(17)15-7-2-1-3-8-15/h1-3,7-8H,4-6,9-14H2. The van der Waals surface area contributed by atoms with E-state index in [4.69, 9.17) is 0 Å². The van der Waals surface area contributed by atoms with Gasteiger partial charge in [-0.25, -0.2) is 0 Å². The molecule has 0 spiro atoms. The third-order valence-corrected chi connectivity index (χ3v) is 5.22. The van der Waals surface area contributed by atoms with E-state index in [1.165, 1.54) is 24.6 Å². The van der Waals surface area contributed by atoms with Crippen LogP contribution in [0, 0.1) is 0 Å². The van der Waals surface area contributed by atoms with Gasteiger partial charge >= 0.3 is 6.18 Å². The van der Waals surface area contributed by atoms with Crippen molar-refractivity contribution < 1.29 is 17.9 Å². The minimum Gasteiger partial charge on any atom is -0.372 e. The first-order valence-electron chi connectivity index (χ1n) is 9.02. The molecule has 1 fully saturated rings. The number of alkyl halides is 3. The number of aromatic nitrogens is 3. The smallest absolute Gasteiger partial charge is 0.372 e. The van der Waals surface area contributed by atoms with E-state index in [0.717, 1.165) is 36.3 Å². The van der Waals surface area contributed by atoms with Gasteiger partial charge in [0, 0.05) is 18.0 Å². The Balaban J connectivity index is 1.61. The van der Waals surface area contributed by atoms with Crippen molar-refractivity contribution >= 4 is 11.8 Å². The fourth-order valence-corrected chi connectivity index (χ4v) is 3.87. The molecule has 9 heteroatoms. The van der Waals surface area contributed by atoms with Crippen molar-refractivity contribution in [3.05, 3.63) is 36.2 Å². The fraction of sp³-hybridized carbons (Fsp3) is 0.556. The van der Waals surface area contributed by atoms with E-state index in [1.54, 1.807) is 0 Å². The highest BCUT2D eigenvalue weighted by atomic mass is 32.2. The van der Waals surface area contributed by atoms with E-state index >= 15 is 0 Å². The summed E-state index contributed by atoms with van der Waals surface area (Å²) < 4.78 is 43.0. The molecule has 3 rings (SSSR count). The Hall–Kier alpha value is -1.58. The molecule has 1 aromatic carbocycles. The van der Waals surface area contributed by atoms with Gasteiger partial charge in [0.2, 0.25) is 0 Å². The van der Waals surface area contributed by atoms with Gasteiger partial charge in [0.15, 0.2) is 11.0 Å². The molecule has 1 aliphatic rings. The van der Waals surface area contributed by atoms with Crippen LogP contribution in [-0.2, 0) is 11.3 Å². The summed E-state index contributed by atoms with van der Waals surface area (Å²) in [5.41, 5.74) is 0.993. The van der Waals surface area contributed by atoms with Crippen LogP contribution in [0.25, 0.3) is 5.69 Å². The summed E-state index contributed by atoms with van der Waals surface area (Å²) >= 11 is 1.49. The zero-order valence-electron chi connectivity index (χ0n) is 15.0. The predicted octanol–water partition coefficient (Wildman–Crippen LogP) is 3.92. The molecule has 0 amide bonds. The Morgan fingerprint density at radius 3 is 2.52 bits per heavy atom. The van der Waals surface area contributed by atoms with Crippen LogP contribution >= 0.6 is 11.8 Å². The second-order valence-corrected chi connectivity index (χ2v) is 7.48. The SMILES string of the molecule is FC(F)(F)COCCCSc1nnc(CN2CCCC2)n1-c1ccccc1. The number of likely N-dealkylation sites (tertiary alicyclic amines) is 1. The van der Waals surface area contributed by atoms with Crippen molar-refractivity contribution in [2.75, 3.05) is 32.1 Å². The first kappa shape index (κ1) is 20.2. The van der Waals surface area contributed by atoms with Crippen molar-refractivity contribution in [1.82, 2.24) is 19.7 Å². The second-order valence-electron chi connectivity index (χ2n) is 6.42. The Bertz CT molecular complexity index is 702. The average molecular weight is 400 g/mol. The van der Waals surface area contributed by atoms with Crippen molar-refractivity contribution in [2.45, 2.75) is 37.1 Å². The number of hydrogen-bond donors (Lipinski definition) is 0. The lowest BCUT2D eigenvalue weighted by Crippen LogP contribution is -2.21. The number of para-hydroxylation sites is 1. The maximum Gasteiger partial charge on any atom is 0.411 e. The minimum atomic E-state index is -4.27. The highest BCUT2D eigenvalue weighted by Crippen LogP contribution is 2.24. The molecule has 0 aliphatic carbocycles. The van der Waals surface area contributed by atoms with Crippen LogP contribution in [-0.4, -0.2) is 57.9 Å². The van der Waals surface area contributed by atoms with Crippen LogP contribution in [0.5, 0.6) is 0 Å². The molecule has 0 bridgehead atoms. The van der Waals surface area contributed by atoms with Gasteiger partial charge < -0.3 is 4.74 Å². The van der Waals surface area contributed by atoms with Crippen LogP contribution in [0.3, 0.4) is 0 Å². The number of halogens is 3. The minimum absolute atomic E-state index is 0.0760. The van der Waals surface area contributed by atoms with Gasteiger partial charge in [-0.15, -0.1) is 10.2 Å². The van der Waals surface area contributed by atoms with Crippen molar-refractivity contribution in [1.29, 1.82) is 0 Å². The molecular weight excluding hydrogens is 377 g/mol. The quantitative estimate of drug-likeness (QED) is 0.471. The van der Waals surface area contributed by atoms with E-state index in [2.05, 4.69) is 19.8 Å². The van der Waals surface area contributed by atoms with Gasteiger partial charge in [-0.05, 0) is 44.5 Å². The van der Waals surface area contributed by atoms with E-state index in [9.17, 15) is 13.2 Å². The number of rotatable bonds is 9. The summed E-state index contributed by atoms with van der Waals surface area (Å²) in [6, 6.07) is 9.91.